The zero-order valence-corrected chi connectivity index (χ0v) is 14.0. The monoisotopic (exact) mass is 379 g/mol. The first kappa shape index (κ1) is 14.6. The van der Waals surface area contributed by atoms with Gasteiger partial charge in [-0.25, -0.2) is 13.4 Å². The first-order chi connectivity index (χ1) is 9.48. The molecule has 2 aliphatic rings. The SMILES string of the molecule is O=S(=O)(C1CC1)N1CCN(c2ncc(Br)cc2Cl)CC1. The summed E-state index contributed by atoms with van der Waals surface area (Å²) < 4.78 is 26.8. The third kappa shape index (κ3) is 2.81. The first-order valence-electron chi connectivity index (χ1n) is 6.53. The first-order valence-corrected chi connectivity index (χ1v) is 9.21. The molecular formula is C12H15BrClN3O2S. The predicted octanol–water partition coefficient (Wildman–Crippen LogP) is 2.11. The number of hydrogen-bond acceptors (Lipinski definition) is 4. The molecule has 0 N–H and O–H groups in total. The highest BCUT2D eigenvalue weighted by atomic mass is 79.9. The van der Waals surface area contributed by atoms with Crippen LogP contribution in [0.3, 0.4) is 0 Å². The van der Waals surface area contributed by atoms with Gasteiger partial charge in [0, 0.05) is 36.8 Å². The smallest absolute Gasteiger partial charge is 0.217 e. The van der Waals surface area contributed by atoms with Crippen LogP contribution in [0.5, 0.6) is 0 Å². The lowest BCUT2D eigenvalue weighted by molar-refractivity contribution is 0.383. The van der Waals surface area contributed by atoms with Crippen LogP contribution in [-0.4, -0.2) is 49.1 Å². The quantitative estimate of drug-likeness (QED) is 0.806. The van der Waals surface area contributed by atoms with Crippen molar-refractivity contribution in [2.24, 2.45) is 0 Å². The van der Waals surface area contributed by atoms with Gasteiger partial charge in [0.1, 0.15) is 5.82 Å². The summed E-state index contributed by atoms with van der Waals surface area (Å²) in [7, 11) is -3.07. The third-order valence-electron chi connectivity index (χ3n) is 3.63. The summed E-state index contributed by atoms with van der Waals surface area (Å²) in [6.07, 6.45) is 3.32. The van der Waals surface area contributed by atoms with Gasteiger partial charge in [-0.1, -0.05) is 11.6 Å². The second kappa shape index (κ2) is 5.44. The topological polar surface area (TPSA) is 53.5 Å². The van der Waals surface area contributed by atoms with E-state index in [4.69, 9.17) is 11.6 Å². The molecule has 2 fully saturated rings. The molecule has 2 heterocycles. The summed E-state index contributed by atoms with van der Waals surface area (Å²) in [4.78, 5) is 6.35. The normalized spacial score (nSPS) is 21.2. The van der Waals surface area contributed by atoms with Crippen LogP contribution in [-0.2, 0) is 10.0 Å². The average Bonchev–Trinajstić information content (AvgIpc) is 3.23. The Kier molecular flexibility index (Phi) is 3.96. The Bertz CT molecular complexity index is 613. The Morgan fingerprint density at radius 3 is 2.45 bits per heavy atom. The number of aromatic nitrogens is 1. The molecule has 0 radical (unpaired) electrons. The van der Waals surface area contributed by atoms with E-state index in [2.05, 4.69) is 20.9 Å². The van der Waals surface area contributed by atoms with Crippen molar-refractivity contribution in [1.29, 1.82) is 0 Å². The number of anilines is 1. The predicted molar refractivity (Wildman–Crippen MR) is 82.7 cm³/mol. The molecule has 0 bridgehead atoms. The highest BCUT2D eigenvalue weighted by Gasteiger charge is 2.41. The number of rotatable bonds is 3. The summed E-state index contributed by atoms with van der Waals surface area (Å²) in [6, 6.07) is 1.80. The Labute approximate surface area is 132 Å². The molecule has 8 heteroatoms. The maximum atomic E-state index is 12.2. The van der Waals surface area contributed by atoms with E-state index in [-0.39, 0.29) is 5.25 Å². The summed E-state index contributed by atoms with van der Waals surface area (Å²) >= 11 is 9.51. The van der Waals surface area contributed by atoms with E-state index in [0.29, 0.717) is 31.2 Å². The third-order valence-corrected chi connectivity index (χ3v) is 6.74. The van der Waals surface area contributed by atoms with E-state index in [9.17, 15) is 8.42 Å². The highest BCUT2D eigenvalue weighted by molar-refractivity contribution is 9.10. The zero-order chi connectivity index (χ0) is 14.3. The van der Waals surface area contributed by atoms with Gasteiger partial charge < -0.3 is 4.90 Å². The molecule has 0 aromatic carbocycles. The van der Waals surface area contributed by atoms with Gasteiger partial charge in [-0.15, -0.1) is 0 Å². The lowest BCUT2D eigenvalue weighted by Crippen LogP contribution is -2.49. The van der Waals surface area contributed by atoms with E-state index < -0.39 is 10.0 Å². The van der Waals surface area contributed by atoms with Gasteiger partial charge in [0.15, 0.2) is 0 Å². The maximum absolute atomic E-state index is 12.2. The minimum absolute atomic E-state index is 0.136. The van der Waals surface area contributed by atoms with E-state index in [0.717, 1.165) is 23.1 Å². The molecule has 0 spiro atoms. The molecule has 5 nitrogen and oxygen atoms in total. The molecule has 1 aromatic heterocycles. The van der Waals surface area contributed by atoms with Crippen LogP contribution in [0.2, 0.25) is 5.02 Å². The largest absolute Gasteiger partial charge is 0.353 e. The number of sulfonamides is 1. The van der Waals surface area contributed by atoms with Gasteiger partial charge in [0.25, 0.3) is 0 Å². The summed E-state index contributed by atoms with van der Waals surface area (Å²) in [6.45, 7) is 2.26. The highest BCUT2D eigenvalue weighted by Crippen LogP contribution is 2.32. The number of piperazine rings is 1. The summed E-state index contributed by atoms with van der Waals surface area (Å²) in [5.41, 5.74) is 0. The molecule has 0 atom stereocenters. The zero-order valence-electron chi connectivity index (χ0n) is 10.8. The molecule has 0 amide bonds. The van der Waals surface area contributed by atoms with Crippen LogP contribution in [0.1, 0.15) is 12.8 Å². The second-order valence-corrected chi connectivity index (χ2v) is 8.63. The average molecular weight is 381 g/mol. The van der Waals surface area contributed by atoms with Crippen molar-refractivity contribution >= 4 is 43.4 Å². The minimum atomic E-state index is -3.07. The fourth-order valence-electron chi connectivity index (χ4n) is 2.37. The molecule has 1 aliphatic carbocycles. The van der Waals surface area contributed by atoms with Crippen molar-refractivity contribution in [2.45, 2.75) is 18.1 Å². The molecule has 1 aromatic rings. The maximum Gasteiger partial charge on any atom is 0.217 e. The van der Waals surface area contributed by atoms with Gasteiger partial charge >= 0.3 is 0 Å². The Morgan fingerprint density at radius 2 is 1.90 bits per heavy atom. The van der Waals surface area contributed by atoms with E-state index >= 15 is 0 Å². The Morgan fingerprint density at radius 1 is 1.25 bits per heavy atom. The number of halogens is 2. The molecule has 3 rings (SSSR count). The van der Waals surface area contributed by atoms with Crippen LogP contribution < -0.4 is 4.90 Å². The van der Waals surface area contributed by atoms with Gasteiger partial charge in [-0.3, -0.25) is 0 Å². The van der Waals surface area contributed by atoms with E-state index in [1.807, 2.05) is 4.90 Å². The molecular weight excluding hydrogens is 366 g/mol. The standard InChI is InChI=1S/C12H15BrClN3O2S/c13-9-7-11(14)12(15-8-9)16-3-5-17(6-4-16)20(18,19)10-1-2-10/h7-8,10H,1-6H2. The van der Waals surface area contributed by atoms with E-state index in [1.165, 1.54) is 0 Å². The van der Waals surface area contributed by atoms with Crippen molar-refractivity contribution in [1.82, 2.24) is 9.29 Å². The molecule has 1 saturated heterocycles. The van der Waals surface area contributed by atoms with Crippen molar-refractivity contribution in [3.63, 3.8) is 0 Å². The number of hydrogen-bond donors (Lipinski definition) is 0. The van der Waals surface area contributed by atoms with Crippen LogP contribution in [0.15, 0.2) is 16.7 Å². The fourth-order valence-corrected chi connectivity index (χ4v) is 4.95. The van der Waals surface area contributed by atoms with Crippen molar-refractivity contribution in [2.75, 3.05) is 31.1 Å². The Hall–Kier alpha value is -0.370. The van der Waals surface area contributed by atoms with Crippen molar-refractivity contribution in [3.05, 3.63) is 21.8 Å². The lowest BCUT2D eigenvalue weighted by Gasteiger charge is -2.35. The van der Waals surface area contributed by atoms with Gasteiger partial charge in [-0.2, -0.15) is 4.31 Å². The van der Waals surface area contributed by atoms with Gasteiger partial charge in [-0.05, 0) is 34.8 Å². The van der Waals surface area contributed by atoms with Gasteiger partial charge in [0.2, 0.25) is 10.0 Å². The number of nitrogens with zero attached hydrogens (tertiary/aromatic N) is 3. The molecule has 1 saturated carbocycles. The summed E-state index contributed by atoms with van der Waals surface area (Å²) in [5.74, 6) is 0.721. The van der Waals surface area contributed by atoms with E-state index in [1.54, 1.807) is 16.6 Å². The van der Waals surface area contributed by atoms with Crippen LogP contribution >= 0.6 is 27.5 Å². The minimum Gasteiger partial charge on any atom is -0.353 e. The molecule has 20 heavy (non-hydrogen) atoms. The van der Waals surface area contributed by atoms with Crippen molar-refractivity contribution < 1.29 is 8.42 Å². The number of pyridine rings is 1. The van der Waals surface area contributed by atoms with Crippen LogP contribution in [0.4, 0.5) is 5.82 Å². The summed E-state index contributed by atoms with van der Waals surface area (Å²) in [5, 5.41) is 0.446. The lowest BCUT2D eigenvalue weighted by atomic mass is 10.3. The second-order valence-electron chi connectivity index (χ2n) is 5.09. The van der Waals surface area contributed by atoms with Crippen LogP contribution in [0, 0.1) is 0 Å². The van der Waals surface area contributed by atoms with Gasteiger partial charge in [0.05, 0.1) is 10.3 Å². The van der Waals surface area contributed by atoms with Crippen molar-refractivity contribution in [3.8, 4) is 0 Å². The molecule has 110 valence electrons. The Balaban J connectivity index is 1.69. The fraction of sp³-hybridized carbons (Fsp3) is 0.583. The van der Waals surface area contributed by atoms with Crippen LogP contribution in [0.25, 0.3) is 0 Å². The molecule has 0 unspecified atom stereocenters. The molecule has 1 aliphatic heterocycles.